The topological polar surface area (TPSA) is 78.2 Å². The Bertz CT molecular complexity index is 779. The van der Waals surface area contributed by atoms with Crippen molar-refractivity contribution < 1.29 is 27.4 Å². The first-order chi connectivity index (χ1) is 12.7. The number of hydrogen-bond acceptors (Lipinski definition) is 5. The van der Waals surface area contributed by atoms with Gasteiger partial charge in [0.1, 0.15) is 11.9 Å². The van der Waals surface area contributed by atoms with Crippen molar-refractivity contribution in [2.75, 3.05) is 40.4 Å². The zero-order valence-electron chi connectivity index (χ0n) is 15.1. The van der Waals surface area contributed by atoms with Crippen LogP contribution in [0.2, 0.25) is 0 Å². The van der Waals surface area contributed by atoms with E-state index >= 15 is 0 Å². The maximum Gasteiger partial charge on any atom is 0.471 e. The first-order valence-electron chi connectivity index (χ1n) is 8.03. The summed E-state index contributed by atoms with van der Waals surface area (Å²) in [6.07, 6.45) is -4.87. The Hall–Kier alpha value is -2.96. The van der Waals surface area contributed by atoms with Gasteiger partial charge in [0.2, 0.25) is 0 Å². The molecule has 1 aromatic carbocycles. The molecule has 27 heavy (non-hydrogen) atoms. The number of carbonyl (C=O) groups excluding carboxylic acids is 1. The molecule has 1 aromatic rings. The van der Waals surface area contributed by atoms with Gasteiger partial charge in [0.25, 0.3) is 0 Å². The van der Waals surface area contributed by atoms with Crippen molar-refractivity contribution >= 4 is 17.4 Å². The molecule has 1 aliphatic heterocycles. The van der Waals surface area contributed by atoms with Crippen LogP contribution in [0, 0.1) is 11.3 Å². The fourth-order valence-corrected chi connectivity index (χ4v) is 2.71. The van der Waals surface area contributed by atoms with Crippen molar-refractivity contribution in [2.24, 2.45) is 4.99 Å². The lowest BCUT2D eigenvalue weighted by Gasteiger charge is -2.36. The minimum atomic E-state index is -4.87. The zero-order valence-corrected chi connectivity index (χ0v) is 15.1. The van der Waals surface area contributed by atoms with Crippen LogP contribution in [0.15, 0.2) is 17.1 Å². The lowest BCUT2D eigenvalue weighted by Crippen LogP contribution is -2.53. The number of methoxy groups -OCH3 is 2. The molecule has 146 valence electrons. The smallest absolute Gasteiger partial charge is 0.471 e. The summed E-state index contributed by atoms with van der Waals surface area (Å²) in [6, 6.07) is 5.09. The van der Waals surface area contributed by atoms with Gasteiger partial charge in [0.15, 0.2) is 11.5 Å². The summed E-state index contributed by atoms with van der Waals surface area (Å²) >= 11 is 0. The van der Waals surface area contributed by atoms with Crippen molar-refractivity contribution in [3.63, 3.8) is 0 Å². The van der Waals surface area contributed by atoms with Crippen LogP contribution < -0.4 is 9.47 Å². The Balaban J connectivity index is 2.17. The molecule has 1 heterocycles. The number of nitriles is 1. The molecule has 0 aromatic heterocycles. The van der Waals surface area contributed by atoms with Gasteiger partial charge in [0.05, 0.1) is 25.5 Å². The molecule has 10 heteroatoms. The number of benzene rings is 1. The molecule has 2 rings (SSSR count). The molecule has 0 aliphatic carbocycles. The van der Waals surface area contributed by atoms with Gasteiger partial charge < -0.3 is 19.3 Å². The highest BCUT2D eigenvalue weighted by Gasteiger charge is 2.43. The number of amides is 1. The van der Waals surface area contributed by atoms with Gasteiger partial charge >= 0.3 is 12.1 Å². The summed E-state index contributed by atoms with van der Waals surface area (Å²) < 4.78 is 47.9. The molecule has 0 spiro atoms. The van der Waals surface area contributed by atoms with Gasteiger partial charge in [0, 0.05) is 38.3 Å². The van der Waals surface area contributed by atoms with Crippen LogP contribution in [-0.4, -0.2) is 68.1 Å². The van der Waals surface area contributed by atoms with Crippen molar-refractivity contribution in [1.82, 2.24) is 9.80 Å². The van der Waals surface area contributed by atoms with E-state index in [-0.39, 0.29) is 31.7 Å². The summed E-state index contributed by atoms with van der Waals surface area (Å²) in [4.78, 5) is 18.2. The Kier molecular flexibility index (Phi) is 6.15. The fourth-order valence-electron chi connectivity index (χ4n) is 2.71. The molecule has 0 unspecified atom stereocenters. The average Bonchev–Trinajstić information content (AvgIpc) is 2.66. The second kappa shape index (κ2) is 8.16. The summed E-state index contributed by atoms with van der Waals surface area (Å²) in [6.45, 7) is 2.02. The normalized spacial score (nSPS) is 15.4. The molecule has 0 saturated carbocycles. The monoisotopic (exact) mass is 384 g/mol. The number of alkyl halides is 3. The number of aliphatic imine (C=N–C) groups is 1. The minimum absolute atomic E-state index is 0.0533. The Labute approximate surface area is 154 Å². The van der Waals surface area contributed by atoms with Crippen LogP contribution in [0.25, 0.3) is 0 Å². The molecule has 7 nitrogen and oxygen atoms in total. The van der Waals surface area contributed by atoms with E-state index < -0.39 is 12.1 Å². The molecule has 0 N–H and O–H groups in total. The molecule has 1 aliphatic rings. The van der Waals surface area contributed by atoms with Crippen LogP contribution in [0.5, 0.6) is 11.5 Å². The third-order valence-corrected chi connectivity index (χ3v) is 4.17. The van der Waals surface area contributed by atoms with Crippen LogP contribution in [0.1, 0.15) is 12.5 Å². The molecule has 0 bridgehead atoms. The van der Waals surface area contributed by atoms with Crippen LogP contribution in [0.3, 0.4) is 0 Å². The van der Waals surface area contributed by atoms with Crippen LogP contribution in [-0.2, 0) is 4.79 Å². The number of hydrogen-bond donors (Lipinski definition) is 0. The quantitative estimate of drug-likeness (QED) is 0.590. The van der Waals surface area contributed by atoms with Crippen LogP contribution in [0.4, 0.5) is 18.9 Å². The highest BCUT2D eigenvalue weighted by molar-refractivity contribution is 5.85. The van der Waals surface area contributed by atoms with Crippen LogP contribution >= 0.6 is 0 Å². The zero-order chi connectivity index (χ0) is 20.2. The van der Waals surface area contributed by atoms with Crippen molar-refractivity contribution in [2.45, 2.75) is 13.1 Å². The van der Waals surface area contributed by atoms with Gasteiger partial charge in [-0.3, -0.25) is 4.79 Å². The third kappa shape index (κ3) is 4.61. The van der Waals surface area contributed by atoms with E-state index in [9.17, 15) is 23.2 Å². The van der Waals surface area contributed by atoms with Gasteiger partial charge in [-0.1, -0.05) is 0 Å². The maximum absolute atomic E-state index is 12.5. The van der Waals surface area contributed by atoms with E-state index in [1.54, 1.807) is 17.9 Å². The highest BCUT2D eigenvalue weighted by Crippen LogP contribution is 2.34. The molecule has 0 atom stereocenters. The molecule has 1 amide bonds. The summed E-state index contributed by atoms with van der Waals surface area (Å²) in [5.74, 6) is -0.505. The molecular weight excluding hydrogens is 365 g/mol. The Morgan fingerprint density at radius 2 is 1.63 bits per heavy atom. The predicted molar refractivity (Wildman–Crippen MR) is 91.2 cm³/mol. The van der Waals surface area contributed by atoms with E-state index in [2.05, 4.69) is 4.99 Å². The maximum atomic E-state index is 12.5. The predicted octanol–water partition coefficient (Wildman–Crippen LogP) is 2.33. The number of carbonyl (C=O) groups is 1. The highest BCUT2D eigenvalue weighted by atomic mass is 19.4. The van der Waals surface area contributed by atoms with Gasteiger partial charge in [-0.15, -0.1) is 0 Å². The minimum Gasteiger partial charge on any atom is -0.493 e. The second-order valence-electron chi connectivity index (χ2n) is 5.77. The molecule has 1 saturated heterocycles. The third-order valence-electron chi connectivity index (χ3n) is 4.17. The van der Waals surface area contributed by atoms with Crippen molar-refractivity contribution in [1.29, 1.82) is 5.26 Å². The standard InChI is InChI=1S/C17H19F3N4O3/c1-11(23-4-6-24(7-5-23)16(25)17(18,19)20)22-13-9-15(27-3)14(26-2)8-12(13)10-21/h8-9H,4-7H2,1-3H3/b22-11-. The lowest BCUT2D eigenvalue weighted by atomic mass is 10.1. The number of rotatable bonds is 3. The van der Waals surface area contributed by atoms with Gasteiger partial charge in [-0.25, -0.2) is 4.99 Å². The van der Waals surface area contributed by atoms with E-state index in [0.29, 0.717) is 23.0 Å². The average molecular weight is 384 g/mol. The first kappa shape index (κ1) is 20.4. The number of amidine groups is 1. The van der Waals surface area contributed by atoms with Gasteiger partial charge in [-0.2, -0.15) is 18.4 Å². The SMILES string of the molecule is COc1cc(C#N)c(/N=C(/C)N2CCN(C(=O)C(F)(F)F)CC2)cc1OC. The number of nitrogens with zero attached hydrogens (tertiary/aromatic N) is 4. The van der Waals surface area contributed by atoms with E-state index in [0.717, 1.165) is 4.90 Å². The Morgan fingerprint density at radius 1 is 1.11 bits per heavy atom. The second-order valence-corrected chi connectivity index (χ2v) is 5.77. The molecule has 0 radical (unpaired) electrons. The summed E-state index contributed by atoms with van der Waals surface area (Å²) in [7, 11) is 2.91. The number of halogens is 3. The summed E-state index contributed by atoms with van der Waals surface area (Å²) in [5.41, 5.74) is 0.638. The fraction of sp³-hybridized carbons (Fsp3) is 0.471. The molecular formula is C17H19F3N4O3. The number of piperazine rings is 1. The van der Waals surface area contributed by atoms with E-state index in [1.807, 2.05) is 6.07 Å². The van der Waals surface area contributed by atoms with E-state index in [1.165, 1.54) is 20.3 Å². The first-order valence-corrected chi connectivity index (χ1v) is 8.03. The van der Waals surface area contributed by atoms with Gasteiger partial charge in [-0.05, 0) is 6.92 Å². The molecule has 1 fully saturated rings. The van der Waals surface area contributed by atoms with Crippen molar-refractivity contribution in [3.8, 4) is 17.6 Å². The number of ether oxygens (including phenoxy) is 2. The largest absolute Gasteiger partial charge is 0.493 e. The van der Waals surface area contributed by atoms with Crippen molar-refractivity contribution in [3.05, 3.63) is 17.7 Å². The lowest BCUT2D eigenvalue weighted by molar-refractivity contribution is -0.186. The van der Waals surface area contributed by atoms with E-state index in [4.69, 9.17) is 9.47 Å². The Morgan fingerprint density at radius 3 is 2.11 bits per heavy atom. The summed E-state index contributed by atoms with van der Waals surface area (Å²) in [5, 5.41) is 9.32.